The number of pyridine rings is 2. The van der Waals surface area contributed by atoms with Crippen molar-refractivity contribution >= 4 is 38.4 Å². The summed E-state index contributed by atoms with van der Waals surface area (Å²) in [6.07, 6.45) is 11.8. The van der Waals surface area contributed by atoms with Gasteiger partial charge in [-0.2, -0.15) is 0 Å². The normalized spacial score (nSPS) is 21.1. The van der Waals surface area contributed by atoms with Crippen molar-refractivity contribution in [3.63, 3.8) is 0 Å². The Kier molecular flexibility index (Phi) is 4.41. The van der Waals surface area contributed by atoms with Crippen molar-refractivity contribution in [2.45, 2.75) is 37.8 Å². The third-order valence-corrected chi connectivity index (χ3v) is 5.08. The van der Waals surface area contributed by atoms with Crippen molar-refractivity contribution < 1.29 is 4.74 Å². The number of nitrogens with zero attached hydrogens (tertiary/aromatic N) is 4. The van der Waals surface area contributed by atoms with Crippen molar-refractivity contribution in [2.24, 2.45) is 0 Å². The lowest BCUT2D eigenvalue weighted by Gasteiger charge is -2.29. The van der Waals surface area contributed by atoms with Gasteiger partial charge in [0.25, 0.3) is 0 Å². The number of hydrogen-bond acceptors (Lipinski definition) is 4. The summed E-state index contributed by atoms with van der Waals surface area (Å²) < 4.78 is 9.27. The Labute approximate surface area is 153 Å². The Morgan fingerprint density at radius 1 is 1.21 bits per heavy atom. The molecular weight excluding hydrogens is 392 g/mol. The average Bonchev–Trinajstić information content (AvgIpc) is 3.11. The zero-order valence-corrected chi connectivity index (χ0v) is 15.2. The van der Waals surface area contributed by atoms with Crippen molar-refractivity contribution in [2.75, 3.05) is 0 Å². The van der Waals surface area contributed by atoms with E-state index in [-0.39, 0.29) is 6.10 Å². The van der Waals surface area contributed by atoms with Gasteiger partial charge in [-0.05, 0) is 47.7 Å². The molecule has 3 aromatic heterocycles. The first-order valence-corrected chi connectivity index (χ1v) is 9.12. The van der Waals surface area contributed by atoms with Gasteiger partial charge in [0.15, 0.2) is 0 Å². The first kappa shape index (κ1) is 15.8. The molecule has 0 amide bonds. The van der Waals surface area contributed by atoms with Crippen molar-refractivity contribution in [1.82, 2.24) is 19.5 Å². The summed E-state index contributed by atoms with van der Waals surface area (Å²) in [5.41, 5.74) is 0.792. The highest BCUT2D eigenvalue weighted by atomic mass is 79.9. The predicted octanol–water partition coefficient (Wildman–Crippen LogP) is 4.80. The molecule has 1 saturated carbocycles. The number of aromatic nitrogens is 4. The minimum absolute atomic E-state index is 0.151. The molecule has 1 aliphatic rings. The van der Waals surface area contributed by atoms with E-state index in [1.807, 2.05) is 24.8 Å². The monoisotopic (exact) mass is 406 g/mol. The Morgan fingerprint density at radius 3 is 2.79 bits per heavy atom. The lowest BCUT2D eigenvalue weighted by atomic mass is 9.93. The highest BCUT2D eigenvalue weighted by Crippen LogP contribution is 2.33. The van der Waals surface area contributed by atoms with E-state index in [2.05, 4.69) is 35.4 Å². The number of rotatable bonds is 3. The summed E-state index contributed by atoms with van der Waals surface area (Å²) in [6.45, 7) is 0. The highest BCUT2D eigenvalue weighted by molar-refractivity contribution is 9.10. The number of fused-ring (bicyclic) bond motifs is 1. The molecule has 0 saturated heterocycles. The van der Waals surface area contributed by atoms with Crippen LogP contribution in [-0.4, -0.2) is 25.6 Å². The second-order valence-electron chi connectivity index (χ2n) is 6.03. The van der Waals surface area contributed by atoms with Gasteiger partial charge in [0.1, 0.15) is 11.3 Å². The second-order valence-corrected chi connectivity index (χ2v) is 7.33. The molecule has 0 aliphatic heterocycles. The van der Waals surface area contributed by atoms with E-state index in [4.69, 9.17) is 16.3 Å². The quantitative estimate of drug-likeness (QED) is 0.585. The van der Waals surface area contributed by atoms with Crippen LogP contribution >= 0.6 is 27.5 Å². The molecule has 3 aromatic rings. The van der Waals surface area contributed by atoms with Gasteiger partial charge in [-0.3, -0.25) is 4.98 Å². The average molecular weight is 408 g/mol. The van der Waals surface area contributed by atoms with Crippen molar-refractivity contribution in [3.05, 3.63) is 46.7 Å². The van der Waals surface area contributed by atoms with E-state index in [9.17, 15) is 0 Å². The van der Waals surface area contributed by atoms with E-state index in [0.717, 1.165) is 41.1 Å². The van der Waals surface area contributed by atoms with Crippen LogP contribution in [0, 0.1) is 0 Å². The fraction of sp³-hybridized carbons (Fsp3) is 0.353. The van der Waals surface area contributed by atoms with Crippen LogP contribution in [0.15, 0.2) is 41.5 Å². The first-order valence-electron chi connectivity index (χ1n) is 7.95. The van der Waals surface area contributed by atoms with Gasteiger partial charge in [0.2, 0.25) is 5.88 Å². The molecule has 1 aliphatic carbocycles. The summed E-state index contributed by atoms with van der Waals surface area (Å²) in [6, 6.07) is 4.23. The fourth-order valence-electron chi connectivity index (χ4n) is 3.23. The molecule has 0 spiro atoms. The minimum atomic E-state index is 0.151. The minimum Gasteiger partial charge on any atom is -0.474 e. The molecule has 5 nitrogen and oxygen atoms in total. The lowest BCUT2D eigenvalue weighted by Crippen LogP contribution is -2.25. The molecule has 7 heteroatoms. The second kappa shape index (κ2) is 6.69. The molecule has 0 atom stereocenters. The number of hydrogen-bond donors (Lipinski definition) is 0. The molecule has 3 heterocycles. The largest absolute Gasteiger partial charge is 0.474 e. The van der Waals surface area contributed by atoms with Gasteiger partial charge in [0, 0.05) is 35.2 Å². The van der Waals surface area contributed by atoms with E-state index < -0.39 is 0 Å². The Morgan fingerprint density at radius 2 is 2.04 bits per heavy atom. The Hall–Kier alpha value is -1.66. The van der Waals surface area contributed by atoms with Gasteiger partial charge < -0.3 is 9.30 Å². The summed E-state index contributed by atoms with van der Waals surface area (Å²) in [5, 5.41) is 1.28. The van der Waals surface area contributed by atoms with E-state index >= 15 is 0 Å². The fourth-order valence-corrected chi connectivity index (χ4v) is 3.74. The summed E-state index contributed by atoms with van der Waals surface area (Å²) >= 11 is 9.57. The van der Waals surface area contributed by atoms with Gasteiger partial charge in [-0.1, -0.05) is 11.6 Å². The van der Waals surface area contributed by atoms with Gasteiger partial charge in [-0.25, -0.2) is 9.97 Å². The van der Waals surface area contributed by atoms with Crippen LogP contribution in [0.5, 0.6) is 5.88 Å². The zero-order valence-electron chi connectivity index (χ0n) is 12.9. The van der Waals surface area contributed by atoms with Gasteiger partial charge in [-0.15, -0.1) is 0 Å². The molecule has 0 N–H and O–H groups in total. The molecular formula is C17H16BrClN4O. The van der Waals surface area contributed by atoms with Crippen LogP contribution in [0.2, 0.25) is 5.15 Å². The van der Waals surface area contributed by atoms with Crippen LogP contribution in [0.25, 0.3) is 10.9 Å². The summed E-state index contributed by atoms with van der Waals surface area (Å²) in [5.74, 6) is 0.567. The first-order chi connectivity index (χ1) is 11.7. The third kappa shape index (κ3) is 3.26. The number of ether oxygens (including phenoxy) is 1. The van der Waals surface area contributed by atoms with Crippen molar-refractivity contribution in [3.8, 4) is 5.88 Å². The van der Waals surface area contributed by atoms with E-state index in [1.165, 1.54) is 0 Å². The Bertz CT molecular complexity index is 847. The molecule has 0 unspecified atom stereocenters. The maximum Gasteiger partial charge on any atom is 0.224 e. The summed E-state index contributed by atoms with van der Waals surface area (Å²) in [4.78, 5) is 12.9. The zero-order chi connectivity index (χ0) is 16.5. The smallest absolute Gasteiger partial charge is 0.224 e. The van der Waals surface area contributed by atoms with Gasteiger partial charge in [0.05, 0.1) is 17.2 Å². The molecule has 1 fully saturated rings. The van der Waals surface area contributed by atoms with Crippen LogP contribution in [0.1, 0.15) is 31.7 Å². The predicted molar refractivity (Wildman–Crippen MR) is 96.4 cm³/mol. The molecule has 0 aromatic carbocycles. The highest BCUT2D eigenvalue weighted by Gasteiger charge is 2.24. The van der Waals surface area contributed by atoms with Crippen LogP contribution < -0.4 is 4.74 Å². The van der Waals surface area contributed by atoms with Crippen molar-refractivity contribution in [1.29, 1.82) is 0 Å². The standard InChI is InChI=1S/C17H16BrClN4O/c18-11-7-14-15(21-9-11)8-16(19)22-17(14)24-13-3-1-12(2-4-13)23-6-5-20-10-23/h5-10,12-13H,1-4H2/t12-,13+. The van der Waals surface area contributed by atoms with Crippen LogP contribution in [0.3, 0.4) is 0 Å². The number of imidazole rings is 1. The molecule has 24 heavy (non-hydrogen) atoms. The lowest BCUT2D eigenvalue weighted by molar-refractivity contribution is 0.129. The van der Waals surface area contributed by atoms with E-state index in [1.54, 1.807) is 12.3 Å². The third-order valence-electron chi connectivity index (χ3n) is 4.45. The Balaban J connectivity index is 1.52. The molecule has 0 radical (unpaired) electrons. The van der Waals surface area contributed by atoms with Crippen LogP contribution in [0.4, 0.5) is 0 Å². The molecule has 124 valence electrons. The maximum atomic E-state index is 6.19. The maximum absolute atomic E-state index is 6.19. The van der Waals surface area contributed by atoms with E-state index in [0.29, 0.717) is 17.1 Å². The SMILES string of the molecule is Clc1cc2ncc(Br)cc2c(O[C@H]2CC[C@@H](n3ccnc3)CC2)n1. The molecule has 4 rings (SSSR count). The molecule has 0 bridgehead atoms. The number of halogens is 2. The van der Waals surface area contributed by atoms with Gasteiger partial charge >= 0.3 is 0 Å². The summed E-state index contributed by atoms with van der Waals surface area (Å²) in [7, 11) is 0. The van der Waals surface area contributed by atoms with Crippen LogP contribution in [-0.2, 0) is 0 Å². The topological polar surface area (TPSA) is 52.8 Å².